The van der Waals surface area contributed by atoms with Gasteiger partial charge in [0, 0.05) is 68.2 Å². The van der Waals surface area contributed by atoms with Crippen molar-refractivity contribution in [3.05, 3.63) is 116 Å². The van der Waals surface area contributed by atoms with Gasteiger partial charge in [-0.25, -0.2) is 0 Å². The SMILES string of the molecule is Cc1ccccc1Cc1c(C(=O)NCc2cn(C)nc2C)c(=O)cc(C)n1Cc1ccncc1. The van der Waals surface area contributed by atoms with E-state index in [0.717, 1.165) is 33.6 Å². The van der Waals surface area contributed by atoms with Gasteiger partial charge in [0.1, 0.15) is 5.56 Å². The quantitative estimate of drug-likeness (QED) is 0.463. The number of hydrogen-bond acceptors (Lipinski definition) is 4. The first-order chi connectivity index (χ1) is 16.3. The summed E-state index contributed by atoms with van der Waals surface area (Å²) in [5.74, 6) is -0.375. The molecule has 1 aromatic carbocycles. The summed E-state index contributed by atoms with van der Waals surface area (Å²) in [6.07, 6.45) is 5.85. The fourth-order valence-corrected chi connectivity index (χ4v) is 4.22. The molecule has 0 aliphatic carbocycles. The topological polar surface area (TPSA) is 81.8 Å². The zero-order valence-electron chi connectivity index (χ0n) is 20.0. The van der Waals surface area contributed by atoms with Gasteiger partial charge in [0.15, 0.2) is 5.43 Å². The van der Waals surface area contributed by atoms with Crippen LogP contribution in [0.5, 0.6) is 0 Å². The highest BCUT2D eigenvalue weighted by Gasteiger charge is 2.21. The van der Waals surface area contributed by atoms with Crippen molar-refractivity contribution in [1.29, 1.82) is 0 Å². The summed E-state index contributed by atoms with van der Waals surface area (Å²) in [5.41, 5.74) is 6.43. The van der Waals surface area contributed by atoms with E-state index in [1.165, 1.54) is 0 Å². The lowest BCUT2D eigenvalue weighted by Crippen LogP contribution is -2.33. The van der Waals surface area contributed by atoms with Crippen LogP contribution in [0.2, 0.25) is 0 Å². The summed E-state index contributed by atoms with van der Waals surface area (Å²) in [7, 11) is 1.84. The summed E-state index contributed by atoms with van der Waals surface area (Å²) in [6, 6.07) is 13.5. The Hall–Kier alpha value is -4.00. The Morgan fingerprint density at radius 1 is 1.03 bits per heavy atom. The molecule has 0 aliphatic heterocycles. The Labute approximate surface area is 199 Å². The van der Waals surface area contributed by atoms with Gasteiger partial charge in [-0.2, -0.15) is 5.10 Å². The number of amides is 1. The molecule has 0 unspecified atom stereocenters. The van der Waals surface area contributed by atoms with Crippen LogP contribution in [0.3, 0.4) is 0 Å². The van der Waals surface area contributed by atoms with Gasteiger partial charge in [-0.1, -0.05) is 24.3 Å². The highest BCUT2D eigenvalue weighted by Crippen LogP contribution is 2.19. The molecular weight excluding hydrogens is 426 g/mol. The zero-order valence-corrected chi connectivity index (χ0v) is 20.0. The van der Waals surface area contributed by atoms with Gasteiger partial charge in [0.2, 0.25) is 0 Å². The molecule has 0 saturated carbocycles. The second-order valence-corrected chi connectivity index (χ2v) is 8.61. The third kappa shape index (κ3) is 4.98. The molecule has 174 valence electrons. The van der Waals surface area contributed by atoms with Crippen LogP contribution < -0.4 is 10.7 Å². The second kappa shape index (κ2) is 9.87. The molecule has 1 N–H and O–H groups in total. The molecule has 34 heavy (non-hydrogen) atoms. The van der Waals surface area contributed by atoms with Crippen molar-refractivity contribution < 1.29 is 4.79 Å². The van der Waals surface area contributed by atoms with Crippen LogP contribution in [0, 0.1) is 20.8 Å². The van der Waals surface area contributed by atoms with Crippen molar-refractivity contribution >= 4 is 5.91 Å². The van der Waals surface area contributed by atoms with Crippen LogP contribution in [0.15, 0.2) is 65.8 Å². The predicted molar refractivity (Wildman–Crippen MR) is 132 cm³/mol. The Morgan fingerprint density at radius 2 is 1.76 bits per heavy atom. The lowest BCUT2D eigenvalue weighted by atomic mass is 9.99. The van der Waals surface area contributed by atoms with Crippen LogP contribution in [-0.2, 0) is 26.6 Å². The van der Waals surface area contributed by atoms with Crippen LogP contribution in [0.25, 0.3) is 0 Å². The molecule has 0 bridgehead atoms. The second-order valence-electron chi connectivity index (χ2n) is 8.61. The number of pyridine rings is 2. The maximum absolute atomic E-state index is 13.4. The van der Waals surface area contributed by atoms with Gasteiger partial charge in [0.25, 0.3) is 5.91 Å². The largest absolute Gasteiger partial charge is 0.348 e. The molecule has 7 nitrogen and oxygen atoms in total. The molecule has 7 heteroatoms. The van der Waals surface area contributed by atoms with E-state index in [4.69, 9.17) is 0 Å². The molecule has 0 aliphatic rings. The minimum atomic E-state index is -0.375. The van der Waals surface area contributed by atoms with Crippen LogP contribution in [-0.4, -0.2) is 25.2 Å². The summed E-state index contributed by atoms with van der Waals surface area (Å²) >= 11 is 0. The van der Waals surface area contributed by atoms with E-state index >= 15 is 0 Å². The first-order valence-corrected chi connectivity index (χ1v) is 11.3. The predicted octanol–water partition coefficient (Wildman–Crippen LogP) is 3.47. The number of nitrogens with one attached hydrogen (secondary N) is 1. The van der Waals surface area contributed by atoms with Crippen molar-refractivity contribution in [3.63, 3.8) is 0 Å². The van der Waals surface area contributed by atoms with Crippen molar-refractivity contribution in [1.82, 2.24) is 24.6 Å². The number of aryl methyl sites for hydroxylation is 4. The molecule has 4 rings (SSSR count). The smallest absolute Gasteiger partial charge is 0.257 e. The number of aromatic nitrogens is 4. The Bertz CT molecular complexity index is 1390. The number of nitrogens with zero attached hydrogens (tertiary/aromatic N) is 4. The molecule has 0 fully saturated rings. The molecule has 3 heterocycles. The first-order valence-electron chi connectivity index (χ1n) is 11.3. The molecule has 0 atom stereocenters. The lowest BCUT2D eigenvalue weighted by Gasteiger charge is -2.21. The van der Waals surface area contributed by atoms with Crippen molar-refractivity contribution in [2.75, 3.05) is 0 Å². The van der Waals surface area contributed by atoms with Crippen LogP contribution in [0.4, 0.5) is 0 Å². The average molecular weight is 456 g/mol. The normalized spacial score (nSPS) is 10.9. The summed E-state index contributed by atoms with van der Waals surface area (Å²) in [4.78, 5) is 30.7. The Balaban J connectivity index is 1.78. The number of carbonyl (C=O) groups excluding carboxylic acids is 1. The monoisotopic (exact) mass is 455 g/mol. The molecule has 1 amide bonds. The molecule has 0 spiro atoms. The van der Waals surface area contributed by atoms with Gasteiger partial charge in [-0.15, -0.1) is 0 Å². The van der Waals surface area contributed by atoms with Crippen LogP contribution in [0.1, 0.15) is 49.7 Å². The van der Waals surface area contributed by atoms with Gasteiger partial charge >= 0.3 is 0 Å². The Kier molecular flexibility index (Phi) is 6.72. The first kappa shape index (κ1) is 23.2. The fourth-order valence-electron chi connectivity index (χ4n) is 4.22. The molecule has 4 aromatic rings. The maximum Gasteiger partial charge on any atom is 0.257 e. The Morgan fingerprint density at radius 3 is 2.44 bits per heavy atom. The number of rotatable bonds is 7. The summed E-state index contributed by atoms with van der Waals surface area (Å²) in [6.45, 7) is 6.70. The van der Waals surface area contributed by atoms with Crippen molar-refractivity contribution in [2.45, 2.75) is 40.3 Å². The third-order valence-corrected chi connectivity index (χ3v) is 6.12. The standard InChI is InChI=1S/C27H29N5O2/c1-18-7-5-6-8-22(18)14-24-26(27(34)29-15-23-17-31(4)30-20(23)3)25(33)13-19(2)32(24)16-21-9-11-28-12-10-21/h5-13,17H,14-16H2,1-4H3,(H,29,34). The minimum absolute atomic E-state index is 0.185. The number of carbonyl (C=O) groups is 1. The molecule has 0 radical (unpaired) electrons. The summed E-state index contributed by atoms with van der Waals surface area (Å²) in [5, 5.41) is 7.28. The average Bonchev–Trinajstić information content (AvgIpc) is 3.13. The van der Waals surface area contributed by atoms with E-state index in [-0.39, 0.29) is 16.9 Å². The van der Waals surface area contributed by atoms with E-state index in [0.29, 0.717) is 25.2 Å². The zero-order chi connectivity index (χ0) is 24.2. The van der Waals surface area contributed by atoms with Crippen molar-refractivity contribution in [2.24, 2.45) is 7.05 Å². The van der Waals surface area contributed by atoms with E-state index < -0.39 is 0 Å². The molecule has 0 saturated heterocycles. The van der Waals surface area contributed by atoms with E-state index in [1.54, 1.807) is 23.1 Å². The van der Waals surface area contributed by atoms with E-state index in [1.807, 2.05) is 70.4 Å². The maximum atomic E-state index is 13.4. The van der Waals surface area contributed by atoms with Crippen molar-refractivity contribution in [3.8, 4) is 0 Å². The minimum Gasteiger partial charge on any atom is -0.348 e. The number of benzene rings is 1. The van der Waals surface area contributed by atoms with Crippen LogP contribution >= 0.6 is 0 Å². The molecular formula is C27H29N5O2. The van der Waals surface area contributed by atoms with Gasteiger partial charge in [0.05, 0.1) is 5.69 Å². The highest BCUT2D eigenvalue weighted by molar-refractivity contribution is 5.95. The van der Waals surface area contributed by atoms with E-state index in [9.17, 15) is 9.59 Å². The number of hydrogen-bond donors (Lipinski definition) is 1. The fraction of sp³-hybridized carbons (Fsp3) is 0.259. The lowest BCUT2D eigenvalue weighted by molar-refractivity contribution is 0.0948. The highest BCUT2D eigenvalue weighted by atomic mass is 16.2. The van der Waals surface area contributed by atoms with Gasteiger partial charge < -0.3 is 9.88 Å². The molecule has 3 aromatic heterocycles. The van der Waals surface area contributed by atoms with E-state index in [2.05, 4.69) is 20.0 Å². The van der Waals surface area contributed by atoms with Gasteiger partial charge in [-0.05, 0) is 49.6 Å². The third-order valence-electron chi connectivity index (χ3n) is 6.12. The van der Waals surface area contributed by atoms with Gasteiger partial charge in [-0.3, -0.25) is 19.3 Å². The summed E-state index contributed by atoms with van der Waals surface area (Å²) < 4.78 is 3.78.